The maximum atomic E-state index is 10.9. The van der Waals surface area contributed by atoms with E-state index >= 15 is 0 Å². The molecular weight excluding hydrogens is 270 g/mol. The Balaban J connectivity index is 2.01. The standard InChI is InChI=1S/C16H13NO4/c18-12-14-11-15(17(19)20)8-9-16(14)21-10-4-7-13-5-2-1-3-6-13/h1-9,11-12H,10H2/b7-4+. The third-order valence-electron chi connectivity index (χ3n) is 2.78. The number of benzene rings is 2. The first-order valence-corrected chi connectivity index (χ1v) is 6.28. The third-order valence-corrected chi connectivity index (χ3v) is 2.78. The minimum Gasteiger partial charge on any atom is -0.489 e. The van der Waals surface area contributed by atoms with E-state index in [4.69, 9.17) is 4.74 Å². The van der Waals surface area contributed by atoms with Gasteiger partial charge >= 0.3 is 0 Å². The van der Waals surface area contributed by atoms with Crippen molar-refractivity contribution in [3.05, 3.63) is 75.8 Å². The fourth-order valence-corrected chi connectivity index (χ4v) is 1.76. The molecule has 0 aromatic heterocycles. The molecule has 0 saturated carbocycles. The van der Waals surface area contributed by atoms with Gasteiger partial charge in [-0.2, -0.15) is 0 Å². The quantitative estimate of drug-likeness (QED) is 0.462. The summed E-state index contributed by atoms with van der Waals surface area (Å²) in [5.74, 6) is 0.327. The molecule has 0 heterocycles. The monoisotopic (exact) mass is 283 g/mol. The molecule has 21 heavy (non-hydrogen) atoms. The van der Waals surface area contributed by atoms with Gasteiger partial charge in [0.05, 0.1) is 10.5 Å². The highest BCUT2D eigenvalue weighted by Crippen LogP contribution is 2.22. The smallest absolute Gasteiger partial charge is 0.270 e. The maximum Gasteiger partial charge on any atom is 0.270 e. The van der Waals surface area contributed by atoms with E-state index in [2.05, 4.69) is 0 Å². The van der Waals surface area contributed by atoms with Crippen LogP contribution in [0.15, 0.2) is 54.6 Å². The Kier molecular flexibility index (Phi) is 4.82. The third kappa shape index (κ3) is 4.01. The van der Waals surface area contributed by atoms with Crippen LogP contribution in [0, 0.1) is 10.1 Å². The zero-order chi connectivity index (χ0) is 15.1. The highest BCUT2D eigenvalue weighted by atomic mass is 16.6. The normalized spacial score (nSPS) is 10.5. The number of hydrogen-bond donors (Lipinski definition) is 0. The van der Waals surface area contributed by atoms with Crippen LogP contribution in [0.5, 0.6) is 5.75 Å². The lowest BCUT2D eigenvalue weighted by Gasteiger charge is -2.05. The molecule has 0 spiro atoms. The summed E-state index contributed by atoms with van der Waals surface area (Å²) < 4.78 is 5.44. The van der Waals surface area contributed by atoms with Gasteiger partial charge in [-0.05, 0) is 17.7 Å². The molecule has 5 heteroatoms. The second-order valence-electron chi connectivity index (χ2n) is 4.22. The Morgan fingerprint density at radius 1 is 1.14 bits per heavy atom. The van der Waals surface area contributed by atoms with Gasteiger partial charge < -0.3 is 4.74 Å². The van der Waals surface area contributed by atoms with Gasteiger partial charge in [0.1, 0.15) is 12.4 Å². The average Bonchev–Trinajstić information content (AvgIpc) is 2.52. The number of nitro groups is 1. The molecule has 2 aromatic rings. The van der Waals surface area contributed by atoms with Crippen LogP contribution in [0.4, 0.5) is 5.69 Å². The first kappa shape index (κ1) is 14.5. The first-order chi connectivity index (χ1) is 10.2. The van der Waals surface area contributed by atoms with Gasteiger partial charge in [-0.15, -0.1) is 0 Å². The van der Waals surface area contributed by atoms with Crippen molar-refractivity contribution in [2.24, 2.45) is 0 Å². The molecule has 2 aromatic carbocycles. The Hall–Kier alpha value is -2.95. The molecule has 0 saturated heterocycles. The summed E-state index contributed by atoms with van der Waals surface area (Å²) in [5, 5.41) is 10.6. The predicted molar refractivity (Wildman–Crippen MR) is 79.5 cm³/mol. The average molecular weight is 283 g/mol. The summed E-state index contributed by atoms with van der Waals surface area (Å²) in [6.07, 6.45) is 4.25. The zero-order valence-electron chi connectivity index (χ0n) is 11.1. The van der Waals surface area contributed by atoms with E-state index in [1.165, 1.54) is 18.2 Å². The zero-order valence-corrected chi connectivity index (χ0v) is 11.1. The lowest BCUT2D eigenvalue weighted by molar-refractivity contribution is -0.384. The summed E-state index contributed by atoms with van der Waals surface area (Å²) >= 11 is 0. The van der Waals surface area contributed by atoms with Gasteiger partial charge in [-0.3, -0.25) is 14.9 Å². The van der Waals surface area contributed by atoms with Gasteiger partial charge in [0.2, 0.25) is 0 Å². The largest absolute Gasteiger partial charge is 0.489 e. The van der Waals surface area contributed by atoms with Gasteiger partial charge in [0.25, 0.3) is 5.69 Å². The van der Waals surface area contributed by atoms with Crippen molar-refractivity contribution >= 4 is 18.0 Å². The lowest BCUT2D eigenvalue weighted by Crippen LogP contribution is -1.98. The van der Waals surface area contributed by atoms with Crippen molar-refractivity contribution in [2.75, 3.05) is 6.61 Å². The highest BCUT2D eigenvalue weighted by Gasteiger charge is 2.10. The van der Waals surface area contributed by atoms with Crippen LogP contribution in [0.25, 0.3) is 6.08 Å². The molecule has 2 rings (SSSR count). The van der Waals surface area contributed by atoms with Crippen LogP contribution < -0.4 is 4.74 Å². The molecule has 0 aliphatic rings. The van der Waals surface area contributed by atoms with E-state index < -0.39 is 4.92 Å². The van der Waals surface area contributed by atoms with Crippen LogP contribution in [-0.2, 0) is 0 Å². The van der Waals surface area contributed by atoms with Crippen molar-refractivity contribution in [1.82, 2.24) is 0 Å². The van der Waals surface area contributed by atoms with Crippen LogP contribution >= 0.6 is 0 Å². The molecule has 0 aliphatic carbocycles. The highest BCUT2D eigenvalue weighted by molar-refractivity contribution is 5.80. The molecule has 0 aliphatic heterocycles. The molecular formula is C16H13NO4. The van der Waals surface area contributed by atoms with Crippen LogP contribution in [0.2, 0.25) is 0 Å². The van der Waals surface area contributed by atoms with Gasteiger partial charge in [-0.1, -0.05) is 36.4 Å². The first-order valence-electron chi connectivity index (χ1n) is 6.28. The Morgan fingerprint density at radius 2 is 1.90 bits per heavy atom. The Morgan fingerprint density at radius 3 is 2.57 bits per heavy atom. The molecule has 0 radical (unpaired) electrons. The van der Waals surface area contributed by atoms with Crippen LogP contribution in [-0.4, -0.2) is 17.8 Å². The molecule has 0 bridgehead atoms. The van der Waals surface area contributed by atoms with Crippen LogP contribution in [0.1, 0.15) is 15.9 Å². The fraction of sp³-hybridized carbons (Fsp3) is 0.0625. The summed E-state index contributed by atoms with van der Waals surface area (Å²) in [5.41, 5.74) is 1.07. The van der Waals surface area contributed by atoms with E-state index in [0.717, 1.165) is 5.56 Å². The molecule has 0 unspecified atom stereocenters. The number of ether oxygens (including phenoxy) is 1. The van der Waals surface area contributed by atoms with Crippen LogP contribution in [0.3, 0.4) is 0 Å². The fourth-order valence-electron chi connectivity index (χ4n) is 1.76. The maximum absolute atomic E-state index is 10.9. The predicted octanol–water partition coefficient (Wildman–Crippen LogP) is 3.50. The number of nitro benzene ring substituents is 1. The van der Waals surface area contributed by atoms with E-state index in [-0.39, 0.29) is 17.9 Å². The summed E-state index contributed by atoms with van der Waals surface area (Å²) in [6.45, 7) is 0.271. The van der Waals surface area contributed by atoms with Gasteiger partial charge in [0.15, 0.2) is 6.29 Å². The van der Waals surface area contributed by atoms with Crippen molar-refractivity contribution in [1.29, 1.82) is 0 Å². The van der Waals surface area contributed by atoms with E-state index in [0.29, 0.717) is 12.0 Å². The number of carbonyl (C=O) groups excluding carboxylic acids is 1. The lowest BCUT2D eigenvalue weighted by atomic mass is 10.2. The van der Waals surface area contributed by atoms with E-state index in [9.17, 15) is 14.9 Å². The van der Waals surface area contributed by atoms with Crippen molar-refractivity contribution in [3.8, 4) is 5.75 Å². The number of carbonyl (C=O) groups is 1. The summed E-state index contributed by atoms with van der Waals surface area (Å²) in [7, 11) is 0. The molecule has 106 valence electrons. The minimum absolute atomic E-state index is 0.135. The molecule has 0 N–H and O–H groups in total. The number of aldehydes is 1. The number of rotatable bonds is 6. The number of non-ortho nitro benzene ring substituents is 1. The second kappa shape index (κ2) is 7.00. The van der Waals surface area contributed by atoms with Gasteiger partial charge in [-0.25, -0.2) is 0 Å². The van der Waals surface area contributed by atoms with Crippen molar-refractivity contribution < 1.29 is 14.5 Å². The molecule has 0 atom stereocenters. The summed E-state index contributed by atoms with van der Waals surface area (Å²) in [4.78, 5) is 21.0. The van der Waals surface area contributed by atoms with Crippen molar-refractivity contribution in [3.63, 3.8) is 0 Å². The van der Waals surface area contributed by atoms with Crippen molar-refractivity contribution in [2.45, 2.75) is 0 Å². The molecule has 5 nitrogen and oxygen atoms in total. The SMILES string of the molecule is O=Cc1cc([N+](=O)[O-])ccc1OC/C=C/c1ccccc1. The molecule has 0 fully saturated rings. The minimum atomic E-state index is -0.550. The summed E-state index contributed by atoms with van der Waals surface area (Å²) in [6, 6.07) is 13.6. The second-order valence-corrected chi connectivity index (χ2v) is 4.22. The van der Waals surface area contributed by atoms with Gasteiger partial charge in [0, 0.05) is 12.1 Å². The topological polar surface area (TPSA) is 69.4 Å². The Bertz CT molecular complexity index is 665. The molecule has 0 amide bonds. The number of hydrogen-bond acceptors (Lipinski definition) is 4. The number of nitrogens with zero attached hydrogens (tertiary/aromatic N) is 1. The van der Waals surface area contributed by atoms with E-state index in [1.54, 1.807) is 0 Å². The van der Waals surface area contributed by atoms with E-state index in [1.807, 2.05) is 42.5 Å². The Labute approximate surface area is 121 Å².